The highest BCUT2D eigenvalue weighted by Crippen LogP contribution is 2.26. The van der Waals surface area contributed by atoms with Gasteiger partial charge in [-0.25, -0.2) is 4.98 Å². The summed E-state index contributed by atoms with van der Waals surface area (Å²) in [6, 6.07) is 16.3. The number of nitrogens with zero attached hydrogens (tertiary/aromatic N) is 2. The van der Waals surface area contributed by atoms with E-state index in [-0.39, 0.29) is 11.3 Å². The van der Waals surface area contributed by atoms with Crippen LogP contribution < -0.4 is 5.56 Å². The normalized spacial score (nSPS) is 11.2. The summed E-state index contributed by atoms with van der Waals surface area (Å²) in [4.78, 5) is 19.7. The predicted octanol–water partition coefficient (Wildman–Crippen LogP) is 5.04. The van der Waals surface area contributed by atoms with E-state index >= 15 is 0 Å². The molecule has 0 saturated carbocycles. The van der Waals surface area contributed by atoms with Gasteiger partial charge >= 0.3 is 0 Å². The molecule has 0 bridgehead atoms. The van der Waals surface area contributed by atoms with Crippen LogP contribution in [0.5, 0.6) is 5.75 Å². The summed E-state index contributed by atoms with van der Waals surface area (Å²) in [5.74, 6) is 0.874. The van der Waals surface area contributed by atoms with Gasteiger partial charge in [0, 0.05) is 22.0 Å². The highest BCUT2D eigenvalue weighted by Gasteiger charge is 2.15. The summed E-state index contributed by atoms with van der Waals surface area (Å²) in [5, 5.41) is 10.7. The highest BCUT2D eigenvalue weighted by molar-refractivity contribution is 7.18. The molecule has 2 aromatic carbocycles. The van der Waals surface area contributed by atoms with Crippen molar-refractivity contribution in [2.45, 2.75) is 19.9 Å². The second-order valence-electron chi connectivity index (χ2n) is 6.39. The molecule has 0 spiro atoms. The Kier molecular flexibility index (Phi) is 4.72. The number of hydrogen-bond acceptors (Lipinski definition) is 4. The van der Waals surface area contributed by atoms with Crippen LogP contribution in [0, 0.1) is 6.92 Å². The molecule has 0 aliphatic heterocycles. The van der Waals surface area contributed by atoms with Crippen LogP contribution in [0.15, 0.2) is 59.4 Å². The lowest BCUT2D eigenvalue weighted by atomic mass is 10.1. The van der Waals surface area contributed by atoms with Gasteiger partial charge in [0.1, 0.15) is 16.4 Å². The van der Waals surface area contributed by atoms with E-state index in [1.54, 1.807) is 28.8 Å². The van der Waals surface area contributed by atoms with Crippen LogP contribution in [-0.4, -0.2) is 14.7 Å². The predicted molar refractivity (Wildman–Crippen MR) is 111 cm³/mol. The summed E-state index contributed by atoms with van der Waals surface area (Å²) in [6.07, 6.45) is 0.664. The zero-order chi connectivity index (χ0) is 19.0. The quantitative estimate of drug-likeness (QED) is 0.526. The fraction of sp³-hybridized carbons (Fsp3) is 0.143. The Hall–Kier alpha value is -2.63. The molecular formula is C21H17ClN2O2S. The van der Waals surface area contributed by atoms with Crippen molar-refractivity contribution in [3.8, 4) is 17.1 Å². The topological polar surface area (TPSA) is 55.1 Å². The van der Waals surface area contributed by atoms with Crippen LogP contribution in [-0.2, 0) is 13.0 Å². The summed E-state index contributed by atoms with van der Waals surface area (Å²) in [5.41, 5.74) is 1.87. The molecule has 4 nitrogen and oxygen atoms in total. The van der Waals surface area contributed by atoms with Gasteiger partial charge in [-0.2, -0.15) is 0 Å². The Bertz CT molecular complexity index is 1160. The third-order valence-corrected chi connectivity index (χ3v) is 5.63. The molecule has 1 N–H and O–H groups in total. The maximum atomic E-state index is 13.1. The van der Waals surface area contributed by atoms with Gasteiger partial charge in [0.25, 0.3) is 5.56 Å². The van der Waals surface area contributed by atoms with Crippen LogP contribution in [0.25, 0.3) is 21.6 Å². The van der Waals surface area contributed by atoms with Crippen molar-refractivity contribution < 1.29 is 5.11 Å². The van der Waals surface area contributed by atoms with Crippen molar-refractivity contribution in [1.29, 1.82) is 0 Å². The molecule has 4 aromatic rings. The van der Waals surface area contributed by atoms with Crippen LogP contribution >= 0.6 is 22.9 Å². The largest absolute Gasteiger partial charge is 0.508 e. The Morgan fingerprint density at radius 1 is 1.11 bits per heavy atom. The number of hydrogen-bond donors (Lipinski definition) is 1. The molecule has 136 valence electrons. The maximum Gasteiger partial charge on any atom is 0.262 e. The number of fused-ring (bicyclic) bond motifs is 1. The Morgan fingerprint density at radius 2 is 1.81 bits per heavy atom. The molecule has 0 saturated heterocycles. The van der Waals surface area contributed by atoms with E-state index < -0.39 is 0 Å². The Labute approximate surface area is 165 Å². The maximum absolute atomic E-state index is 13.1. The number of phenolic OH excluding ortho intramolecular Hbond substituents is 1. The third-order valence-electron chi connectivity index (χ3n) is 4.44. The summed E-state index contributed by atoms with van der Waals surface area (Å²) in [6.45, 7) is 2.48. The van der Waals surface area contributed by atoms with Crippen LogP contribution in [0.1, 0.15) is 10.4 Å². The molecule has 0 amide bonds. The van der Waals surface area contributed by atoms with Gasteiger partial charge in [-0.15, -0.1) is 11.3 Å². The van der Waals surface area contributed by atoms with Crippen molar-refractivity contribution >= 4 is 33.2 Å². The first-order valence-electron chi connectivity index (χ1n) is 8.56. The van der Waals surface area contributed by atoms with E-state index in [4.69, 9.17) is 16.6 Å². The zero-order valence-electron chi connectivity index (χ0n) is 14.6. The van der Waals surface area contributed by atoms with E-state index in [0.29, 0.717) is 29.2 Å². The lowest BCUT2D eigenvalue weighted by Crippen LogP contribution is -2.24. The molecule has 0 aliphatic rings. The number of aryl methyl sites for hydroxylation is 2. The van der Waals surface area contributed by atoms with Gasteiger partial charge in [0.15, 0.2) is 0 Å². The van der Waals surface area contributed by atoms with E-state index in [2.05, 4.69) is 0 Å². The first-order valence-corrected chi connectivity index (χ1v) is 9.75. The lowest BCUT2D eigenvalue weighted by molar-refractivity contribution is 0.475. The molecule has 6 heteroatoms. The number of rotatable bonds is 4. The number of aromatic nitrogens is 2. The van der Waals surface area contributed by atoms with Crippen molar-refractivity contribution in [1.82, 2.24) is 9.55 Å². The molecule has 0 fully saturated rings. The van der Waals surface area contributed by atoms with E-state index in [1.807, 2.05) is 37.3 Å². The number of aromatic hydroxyl groups is 1. The minimum Gasteiger partial charge on any atom is -0.508 e. The number of phenols is 1. The average molecular weight is 397 g/mol. The van der Waals surface area contributed by atoms with Crippen LogP contribution in [0.3, 0.4) is 0 Å². The van der Waals surface area contributed by atoms with Crippen LogP contribution in [0.2, 0.25) is 5.02 Å². The standard InChI is InChI=1S/C21H17ClN2O2S/c1-13-12-18-20(27-13)23-19(15-4-6-16(22)7-5-15)24(21(18)26)11-10-14-2-8-17(25)9-3-14/h2-9,12,25H,10-11H2,1H3. The van der Waals surface area contributed by atoms with Gasteiger partial charge in [0.05, 0.1) is 5.39 Å². The minimum absolute atomic E-state index is 0.0342. The van der Waals surface area contributed by atoms with Gasteiger partial charge in [-0.05, 0) is 61.4 Å². The second kappa shape index (κ2) is 7.18. The van der Waals surface area contributed by atoms with E-state index in [9.17, 15) is 9.90 Å². The molecule has 0 aliphatic carbocycles. The second-order valence-corrected chi connectivity index (χ2v) is 8.06. The minimum atomic E-state index is -0.0342. The lowest BCUT2D eigenvalue weighted by Gasteiger charge is -2.13. The average Bonchev–Trinajstić information content (AvgIpc) is 3.04. The highest BCUT2D eigenvalue weighted by atomic mass is 35.5. The molecular weight excluding hydrogens is 380 g/mol. The summed E-state index contributed by atoms with van der Waals surface area (Å²) in [7, 11) is 0. The molecule has 2 aromatic heterocycles. The fourth-order valence-electron chi connectivity index (χ4n) is 3.07. The number of thiophene rings is 1. The summed E-state index contributed by atoms with van der Waals surface area (Å²) < 4.78 is 1.73. The van der Waals surface area contributed by atoms with Gasteiger partial charge in [0.2, 0.25) is 0 Å². The summed E-state index contributed by atoms with van der Waals surface area (Å²) >= 11 is 7.54. The van der Waals surface area contributed by atoms with Crippen molar-refractivity contribution in [2.24, 2.45) is 0 Å². The van der Waals surface area contributed by atoms with Crippen LogP contribution in [0.4, 0.5) is 0 Å². The first-order chi connectivity index (χ1) is 13.0. The smallest absolute Gasteiger partial charge is 0.262 e. The van der Waals surface area contributed by atoms with Crippen molar-refractivity contribution in [2.75, 3.05) is 0 Å². The number of halogens is 1. The SMILES string of the molecule is Cc1cc2c(=O)n(CCc3ccc(O)cc3)c(-c3ccc(Cl)cc3)nc2s1. The fourth-order valence-corrected chi connectivity index (χ4v) is 4.06. The molecule has 0 unspecified atom stereocenters. The monoisotopic (exact) mass is 396 g/mol. The molecule has 27 heavy (non-hydrogen) atoms. The third kappa shape index (κ3) is 3.61. The number of benzene rings is 2. The zero-order valence-corrected chi connectivity index (χ0v) is 16.2. The van der Waals surface area contributed by atoms with Gasteiger partial charge in [-0.1, -0.05) is 23.7 Å². The molecule has 4 rings (SSSR count). The van der Waals surface area contributed by atoms with E-state index in [1.165, 1.54) is 11.3 Å². The van der Waals surface area contributed by atoms with E-state index in [0.717, 1.165) is 20.8 Å². The van der Waals surface area contributed by atoms with Gasteiger partial charge in [-0.3, -0.25) is 9.36 Å². The Balaban J connectivity index is 1.81. The van der Waals surface area contributed by atoms with Gasteiger partial charge < -0.3 is 5.11 Å². The molecule has 0 atom stereocenters. The van der Waals surface area contributed by atoms with Crippen molar-refractivity contribution in [3.05, 3.63) is 80.4 Å². The first kappa shape index (κ1) is 17.8. The molecule has 0 radical (unpaired) electrons. The molecule has 2 heterocycles. The Morgan fingerprint density at radius 3 is 2.52 bits per heavy atom. The van der Waals surface area contributed by atoms with Crippen molar-refractivity contribution in [3.63, 3.8) is 0 Å².